The molecule has 1 heterocycles. The highest BCUT2D eigenvalue weighted by Gasteiger charge is 2.36. The third-order valence-corrected chi connectivity index (χ3v) is 7.57. The first-order chi connectivity index (χ1) is 14.1. The van der Waals surface area contributed by atoms with Gasteiger partial charge in [0.05, 0.1) is 23.7 Å². The molecule has 2 aromatic rings. The van der Waals surface area contributed by atoms with E-state index in [4.69, 9.17) is 4.74 Å². The molecule has 7 heteroatoms. The van der Waals surface area contributed by atoms with Gasteiger partial charge in [0.15, 0.2) is 0 Å². The lowest BCUT2D eigenvalue weighted by Crippen LogP contribution is -2.49. The summed E-state index contributed by atoms with van der Waals surface area (Å²) in [5.74, 6) is 0.438. The molecule has 6 nitrogen and oxygen atoms in total. The third kappa shape index (κ3) is 4.16. The molecule has 29 heavy (non-hydrogen) atoms. The topological polar surface area (TPSA) is 66.9 Å². The van der Waals surface area contributed by atoms with Crippen molar-refractivity contribution < 1.29 is 17.9 Å². The van der Waals surface area contributed by atoms with Crippen LogP contribution in [0.1, 0.15) is 32.1 Å². The zero-order valence-corrected chi connectivity index (χ0v) is 17.2. The molecule has 1 saturated carbocycles. The van der Waals surface area contributed by atoms with Gasteiger partial charge in [-0.15, -0.1) is 0 Å². The Balaban J connectivity index is 1.63. The van der Waals surface area contributed by atoms with E-state index in [-0.39, 0.29) is 23.4 Å². The molecule has 0 aromatic heterocycles. The number of hydrogen-bond acceptors (Lipinski definition) is 4. The van der Waals surface area contributed by atoms with Gasteiger partial charge in [-0.3, -0.25) is 4.79 Å². The number of anilines is 1. The van der Waals surface area contributed by atoms with Gasteiger partial charge in [-0.1, -0.05) is 49.6 Å². The van der Waals surface area contributed by atoms with Gasteiger partial charge in [-0.2, -0.15) is 4.31 Å². The molecule has 2 aromatic carbocycles. The average Bonchev–Trinajstić information content (AvgIpc) is 2.78. The Hall–Kier alpha value is -2.38. The number of para-hydroxylation sites is 2. The van der Waals surface area contributed by atoms with Gasteiger partial charge in [0, 0.05) is 6.04 Å². The molecule has 1 fully saturated rings. The van der Waals surface area contributed by atoms with Crippen molar-refractivity contribution in [2.24, 2.45) is 0 Å². The first kappa shape index (κ1) is 19.9. The fourth-order valence-corrected chi connectivity index (χ4v) is 5.81. The van der Waals surface area contributed by atoms with Crippen LogP contribution in [0.5, 0.6) is 5.75 Å². The number of rotatable bonds is 5. The lowest BCUT2D eigenvalue weighted by Gasteiger charge is -2.35. The van der Waals surface area contributed by atoms with Gasteiger partial charge in [0.25, 0.3) is 0 Å². The van der Waals surface area contributed by atoms with E-state index in [0.29, 0.717) is 24.6 Å². The summed E-state index contributed by atoms with van der Waals surface area (Å²) < 4.78 is 33.9. The highest BCUT2D eigenvalue weighted by atomic mass is 32.2. The maximum Gasteiger partial charge on any atom is 0.243 e. The first-order valence-electron chi connectivity index (χ1n) is 10.2. The quantitative estimate of drug-likeness (QED) is 0.752. The lowest BCUT2D eigenvalue weighted by atomic mass is 9.95. The number of nitrogens with zero attached hydrogens (tertiary/aromatic N) is 2. The molecule has 0 saturated heterocycles. The summed E-state index contributed by atoms with van der Waals surface area (Å²) in [4.78, 5) is 15.1. The molecule has 0 N–H and O–H groups in total. The van der Waals surface area contributed by atoms with Gasteiger partial charge < -0.3 is 9.64 Å². The summed E-state index contributed by atoms with van der Waals surface area (Å²) >= 11 is 0. The van der Waals surface area contributed by atoms with Crippen molar-refractivity contribution in [2.45, 2.75) is 43.0 Å². The summed E-state index contributed by atoms with van der Waals surface area (Å²) in [5, 5.41) is 0. The Morgan fingerprint density at radius 2 is 1.69 bits per heavy atom. The Labute approximate surface area is 172 Å². The van der Waals surface area contributed by atoms with Crippen molar-refractivity contribution in [3.63, 3.8) is 0 Å². The van der Waals surface area contributed by atoms with Crippen LogP contribution in [0.3, 0.4) is 0 Å². The van der Waals surface area contributed by atoms with Crippen LogP contribution < -0.4 is 9.64 Å². The Morgan fingerprint density at radius 1 is 1.00 bits per heavy atom. The molecule has 0 unspecified atom stereocenters. The van der Waals surface area contributed by atoms with Crippen molar-refractivity contribution in [3.05, 3.63) is 54.6 Å². The molecule has 2 aliphatic rings. The molecule has 4 rings (SSSR count). The second-order valence-electron chi connectivity index (χ2n) is 7.52. The number of carbonyl (C=O) groups excluding carboxylic acids is 1. The van der Waals surface area contributed by atoms with Gasteiger partial charge in [-0.25, -0.2) is 8.42 Å². The number of hydrogen-bond donors (Lipinski definition) is 0. The van der Waals surface area contributed by atoms with E-state index in [2.05, 4.69) is 0 Å². The van der Waals surface area contributed by atoms with Gasteiger partial charge in [-0.05, 0) is 37.1 Å². The minimum Gasteiger partial charge on any atom is -0.490 e. The van der Waals surface area contributed by atoms with E-state index in [0.717, 1.165) is 32.1 Å². The van der Waals surface area contributed by atoms with Crippen molar-refractivity contribution in [1.82, 2.24) is 4.31 Å². The molecule has 0 atom stereocenters. The number of amides is 1. The van der Waals surface area contributed by atoms with E-state index in [1.807, 2.05) is 24.3 Å². The molecule has 1 aliphatic carbocycles. The predicted octanol–water partition coefficient (Wildman–Crippen LogP) is 3.44. The zero-order chi connectivity index (χ0) is 20.3. The number of benzene rings is 2. The maximum atomic E-state index is 13.4. The standard InChI is InChI=1S/C22H26N2O4S/c25-22(23-15-16-28-21-14-8-7-13-20(21)23)17-24(18-9-3-1-4-10-18)29(26,27)19-11-5-2-6-12-19/h2,5-8,11-14,18H,1,3-4,9-10,15-17H2. The van der Waals surface area contributed by atoms with Crippen LogP contribution in [0.2, 0.25) is 0 Å². The average molecular weight is 415 g/mol. The molecule has 0 bridgehead atoms. The van der Waals surface area contributed by atoms with Crippen molar-refractivity contribution in [2.75, 3.05) is 24.6 Å². The largest absolute Gasteiger partial charge is 0.490 e. The second-order valence-corrected chi connectivity index (χ2v) is 9.41. The van der Waals surface area contributed by atoms with Crippen LogP contribution in [-0.2, 0) is 14.8 Å². The van der Waals surface area contributed by atoms with Gasteiger partial charge in [0.2, 0.25) is 15.9 Å². The van der Waals surface area contributed by atoms with Crippen LogP contribution in [-0.4, -0.2) is 44.4 Å². The minimum atomic E-state index is -3.76. The molecule has 1 amide bonds. The fourth-order valence-electron chi connectivity index (χ4n) is 4.15. The zero-order valence-electron chi connectivity index (χ0n) is 16.4. The Bertz CT molecular complexity index is 956. The highest BCUT2D eigenvalue weighted by Crippen LogP contribution is 2.32. The molecule has 0 radical (unpaired) electrons. The SMILES string of the molecule is O=C(CN(C1CCCCC1)S(=O)(=O)c1ccccc1)N1CCOc2ccccc21. The number of ether oxygens (including phenoxy) is 1. The van der Waals surface area contributed by atoms with E-state index in [1.165, 1.54) is 4.31 Å². The van der Waals surface area contributed by atoms with Gasteiger partial charge in [0.1, 0.15) is 12.4 Å². The summed E-state index contributed by atoms with van der Waals surface area (Å²) in [6, 6.07) is 15.7. The van der Waals surface area contributed by atoms with E-state index < -0.39 is 10.0 Å². The van der Waals surface area contributed by atoms with E-state index in [1.54, 1.807) is 35.2 Å². The number of carbonyl (C=O) groups is 1. The van der Waals surface area contributed by atoms with Crippen LogP contribution in [0.4, 0.5) is 5.69 Å². The maximum absolute atomic E-state index is 13.4. The van der Waals surface area contributed by atoms with Crippen molar-refractivity contribution in [1.29, 1.82) is 0 Å². The second kappa shape index (κ2) is 8.55. The van der Waals surface area contributed by atoms with Crippen molar-refractivity contribution in [3.8, 4) is 5.75 Å². The van der Waals surface area contributed by atoms with E-state index in [9.17, 15) is 13.2 Å². The molecule has 1 aliphatic heterocycles. The first-order valence-corrected chi connectivity index (χ1v) is 11.6. The molecule has 0 spiro atoms. The molecular weight excluding hydrogens is 388 g/mol. The number of sulfonamides is 1. The summed E-state index contributed by atoms with van der Waals surface area (Å²) in [6.07, 6.45) is 4.67. The summed E-state index contributed by atoms with van der Waals surface area (Å²) in [7, 11) is -3.76. The highest BCUT2D eigenvalue weighted by molar-refractivity contribution is 7.89. The number of fused-ring (bicyclic) bond motifs is 1. The van der Waals surface area contributed by atoms with E-state index >= 15 is 0 Å². The predicted molar refractivity (Wildman–Crippen MR) is 111 cm³/mol. The van der Waals surface area contributed by atoms with Crippen molar-refractivity contribution >= 4 is 21.6 Å². The van der Waals surface area contributed by atoms with Crippen LogP contribution in [0, 0.1) is 0 Å². The summed E-state index contributed by atoms with van der Waals surface area (Å²) in [5.41, 5.74) is 0.699. The third-order valence-electron chi connectivity index (χ3n) is 5.65. The van der Waals surface area contributed by atoms with Crippen LogP contribution in [0.25, 0.3) is 0 Å². The minimum absolute atomic E-state index is 0.144. The molecular formula is C22H26N2O4S. The summed E-state index contributed by atoms with van der Waals surface area (Å²) in [6.45, 7) is 0.660. The normalized spacial score (nSPS) is 17.6. The molecule has 154 valence electrons. The Kier molecular flexibility index (Phi) is 5.87. The fraction of sp³-hybridized carbons (Fsp3) is 0.409. The van der Waals surface area contributed by atoms with Gasteiger partial charge >= 0.3 is 0 Å². The monoisotopic (exact) mass is 414 g/mol. The Morgan fingerprint density at radius 3 is 2.45 bits per heavy atom. The van der Waals surface area contributed by atoms with Crippen LogP contribution >= 0.6 is 0 Å². The lowest BCUT2D eigenvalue weighted by molar-refractivity contribution is -0.119. The smallest absolute Gasteiger partial charge is 0.243 e. The van der Waals surface area contributed by atoms with Crippen LogP contribution in [0.15, 0.2) is 59.5 Å².